The van der Waals surface area contributed by atoms with E-state index in [2.05, 4.69) is 18.3 Å². The van der Waals surface area contributed by atoms with Gasteiger partial charge in [0.15, 0.2) is 0 Å². The normalized spacial score (nSPS) is 12.3. The lowest BCUT2D eigenvalue weighted by Crippen LogP contribution is -2.17. The van der Waals surface area contributed by atoms with Gasteiger partial charge < -0.3 is 14.8 Å². The van der Waals surface area contributed by atoms with Gasteiger partial charge in [0.2, 0.25) is 0 Å². The van der Waals surface area contributed by atoms with Gasteiger partial charge in [0.25, 0.3) is 0 Å². The summed E-state index contributed by atoms with van der Waals surface area (Å²) in [6.45, 7) is 5.16. The molecule has 1 N–H and O–H groups in total. The summed E-state index contributed by atoms with van der Waals surface area (Å²) in [7, 11) is 5.40. The molecule has 1 aromatic rings. The zero-order valence-corrected chi connectivity index (χ0v) is 11.5. The van der Waals surface area contributed by atoms with Gasteiger partial charge >= 0.3 is 0 Å². The first-order valence-corrected chi connectivity index (χ1v) is 6.05. The Labute approximate surface area is 104 Å². The topological polar surface area (TPSA) is 30.5 Å². The van der Waals surface area contributed by atoms with Crippen molar-refractivity contribution in [2.24, 2.45) is 0 Å². The predicted molar refractivity (Wildman–Crippen MR) is 71.2 cm³/mol. The van der Waals surface area contributed by atoms with E-state index < -0.39 is 0 Å². The molecule has 3 heteroatoms. The highest BCUT2D eigenvalue weighted by Crippen LogP contribution is 2.34. The fourth-order valence-electron chi connectivity index (χ4n) is 2.11. The summed E-state index contributed by atoms with van der Waals surface area (Å²) >= 11 is 0. The number of rotatable bonds is 6. The molecule has 1 unspecified atom stereocenters. The number of nitrogens with one attached hydrogen (secondary N) is 1. The van der Waals surface area contributed by atoms with Crippen LogP contribution in [0.5, 0.6) is 11.5 Å². The first kappa shape index (κ1) is 13.8. The second-order valence-electron chi connectivity index (χ2n) is 4.23. The summed E-state index contributed by atoms with van der Waals surface area (Å²) < 4.78 is 10.9. The minimum atomic E-state index is 0.449. The molecule has 0 bridgehead atoms. The highest BCUT2D eigenvalue weighted by Gasteiger charge is 2.16. The van der Waals surface area contributed by atoms with Crippen LogP contribution >= 0.6 is 0 Å². The predicted octanol–water partition coefficient (Wildman–Crippen LogP) is 2.73. The molecule has 0 saturated carbocycles. The van der Waals surface area contributed by atoms with Crippen LogP contribution in [0.4, 0.5) is 0 Å². The van der Waals surface area contributed by atoms with Crippen LogP contribution in [0.15, 0.2) is 12.1 Å². The molecule has 1 aromatic carbocycles. The van der Waals surface area contributed by atoms with Gasteiger partial charge in [-0.25, -0.2) is 0 Å². The lowest BCUT2D eigenvalue weighted by atomic mass is 9.94. The second-order valence-corrected chi connectivity index (χ2v) is 4.23. The van der Waals surface area contributed by atoms with Gasteiger partial charge in [-0.2, -0.15) is 0 Å². The van der Waals surface area contributed by atoms with Crippen molar-refractivity contribution in [3.05, 3.63) is 23.3 Å². The third-order valence-electron chi connectivity index (χ3n) is 3.13. The zero-order valence-electron chi connectivity index (χ0n) is 11.5. The molecule has 0 radical (unpaired) electrons. The zero-order chi connectivity index (χ0) is 12.8. The van der Waals surface area contributed by atoms with E-state index >= 15 is 0 Å². The van der Waals surface area contributed by atoms with Crippen molar-refractivity contribution in [1.82, 2.24) is 5.32 Å². The monoisotopic (exact) mass is 237 g/mol. The highest BCUT2D eigenvalue weighted by atomic mass is 16.5. The first-order chi connectivity index (χ1) is 8.17. The van der Waals surface area contributed by atoms with Crippen LogP contribution < -0.4 is 14.8 Å². The molecule has 0 spiro atoms. The number of ether oxygens (including phenoxy) is 2. The maximum atomic E-state index is 5.47. The van der Waals surface area contributed by atoms with Crippen LogP contribution in [0.1, 0.15) is 30.4 Å². The van der Waals surface area contributed by atoms with E-state index in [0.29, 0.717) is 5.92 Å². The molecule has 0 saturated heterocycles. The van der Waals surface area contributed by atoms with Gasteiger partial charge in [-0.05, 0) is 44.0 Å². The van der Waals surface area contributed by atoms with Crippen molar-refractivity contribution in [2.75, 3.05) is 27.8 Å². The molecule has 96 valence electrons. The molecule has 0 fully saturated rings. The molecule has 0 aliphatic heterocycles. The van der Waals surface area contributed by atoms with Crippen molar-refractivity contribution in [3.8, 4) is 11.5 Å². The van der Waals surface area contributed by atoms with Gasteiger partial charge in [-0.3, -0.25) is 0 Å². The third-order valence-corrected chi connectivity index (χ3v) is 3.13. The Kier molecular flexibility index (Phi) is 5.29. The number of hydrogen-bond donors (Lipinski definition) is 1. The summed E-state index contributed by atoms with van der Waals surface area (Å²) in [6.07, 6.45) is 1.07. The summed E-state index contributed by atoms with van der Waals surface area (Å²) in [4.78, 5) is 0. The van der Waals surface area contributed by atoms with Gasteiger partial charge in [0, 0.05) is 12.1 Å². The van der Waals surface area contributed by atoms with Crippen LogP contribution in [-0.2, 0) is 0 Å². The van der Waals surface area contributed by atoms with Gasteiger partial charge in [0.1, 0.15) is 11.5 Å². The van der Waals surface area contributed by atoms with Crippen LogP contribution in [0, 0.1) is 6.92 Å². The van der Waals surface area contributed by atoms with Crippen molar-refractivity contribution in [2.45, 2.75) is 26.2 Å². The Balaban J connectivity index is 3.18. The van der Waals surface area contributed by atoms with E-state index in [0.717, 1.165) is 30.0 Å². The number of aryl methyl sites for hydroxylation is 1. The Morgan fingerprint density at radius 3 is 2.29 bits per heavy atom. The lowest BCUT2D eigenvalue weighted by molar-refractivity contribution is 0.391. The highest BCUT2D eigenvalue weighted by molar-refractivity contribution is 5.47. The van der Waals surface area contributed by atoms with Gasteiger partial charge in [-0.1, -0.05) is 6.92 Å². The Hall–Kier alpha value is -1.22. The fourth-order valence-corrected chi connectivity index (χ4v) is 2.11. The summed E-state index contributed by atoms with van der Waals surface area (Å²) in [5.74, 6) is 2.32. The standard InChI is InChI=1S/C14H23NO2/c1-6-11(9-15-3)12-8-13(16-4)10(2)7-14(12)17-5/h7-8,11,15H,6,9H2,1-5H3. The average Bonchev–Trinajstić information content (AvgIpc) is 2.35. The van der Waals surface area contributed by atoms with Crippen molar-refractivity contribution in [3.63, 3.8) is 0 Å². The Bertz CT molecular complexity index is 363. The average molecular weight is 237 g/mol. The smallest absolute Gasteiger partial charge is 0.122 e. The molecule has 1 rings (SSSR count). The molecular formula is C14H23NO2. The minimum Gasteiger partial charge on any atom is -0.496 e. The Morgan fingerprint density at radius 2 is 1.82 bits per heavy atom. The summed E-state index contributed by atoms with van der Waals surface area (Å²) in [5, 5.41) is 3.22. The molecule has 1 atom stereocenters. The molecule has 0 heterocycles. The maximum Gasteiger partial charge on any atom is 0.122 e. The van der Waals surface area contributed by atoms with Crippen LogP contribution in [0.2, 0.25) is 0 Å². The van der Waals surface area contributed by atoms with E-state index in [9.17, 15) is 0 Å². The second kappa shape index (κ2) is 6.50. The maximum absolute atomic E-state index is 5.47. The van der Waals surface area contributed by atoms with Crippen molar-refractivity contribution < 1.29 is 9.47 Å². The van der Waals surface area contributed by atoms with E-state index in [4.69, 9.17) is 9.47 Å². The number of hydrogen-bond acceptors (Lipinski definition) is 3. The number of likely N-dealkylation sites (N-methyl/N-ethyl adjacent to an activating group) is 1. The fraction of sp³-hybridized carbons (Fsp3) is 0.571. The quantitative estimate of drug-likeness (QED) is 0.825. The van der Waals surface area contributed by atoms with Gasteiger partial charge in [-0.15, -0.1) is 0 Å². The van der Waals surface area contributed by atoms with Crippen LogP contribution in [-0.4, -0.2) is 27.8 Å². The van der Waals surface area contributed by atoms with Crippen molar-refractivity contribution >= 4 is 0 Å². The molecule has 0 aliphatic carbocycles. The third kappa shape index (κ3) is 3.13. The number of benzene rings is 1. The molecular weight excluding hydrogens is 214 g/mol. The molecule has 17 heavy (non-hydrogen) atoms. The lowest BCUT2D eigenvalue weighted by Gasteiger charge is -2.20. The van der Waals surface area contributed by atoms with Gasteiger partial charge in [0.05, 0.1) is 14.2 Å². The molecule has 0 amide bonds. The van der Waals surface area contributed by atoms with Crippen LogP contribution in [0.25, 0.3) is 0 Å². The summed E-state index contributed by atoms with van der Waals surface area (Å²) in [5.41, 5.74) is 2.32. The Morgan fingerprint density at radius 1 is 1.18 bits per heavy atom. The van der Waals surface area contributed by atoms with E-state index in [1.54, 1.807) is 14.2 Å². The van der Waals surface area contributed by atoms with E-state index in [1.165, 1.54) is 5.56 Å². The molecule has 3 nitrogen and oxygen atoms in total. The SMILES string of the molecule is CCC(CNC)c1cc(OC)c(C)cc1OC. The van der Waals surface area contributed by atoms with Crippen molar-refractivity contribution in [1.29, 1.82) is 0 Å². The largest absolute Gasteiger partial charge is 0.496 e. The molecule has 0 aromatic heterocycles. The van der Waals surface area contributed by atoms with E-state index in [1.807, 2.05) is 20.0 Å². The summed E-state index contributed by atoms with van der Waals surface area (Å²) in [6, 6.07) is 4.14. The van der Waals surface area contributed by atoms with Crippen LogP contribution in [0.3, 0.4) is 0 Å². The van der Waals surface area contributed by atoms with E-state index in [-0.39, 0.29) is 0 Å². The molecule has 0 aliphatic rings. The number of methoxy groups -OCH3 is 2. The first-order valence-electron chi connectivity index (χ1n) is 6.05. The minimum absolute atomic E-state index is 0.449.